The molecule has 1 aromatic rings. The van der Waals surface area contributed by atoms with E-state index in [2.05, 4.69) is 0 Å². The van der Waals surface area contributed by atoms with Gasteiger partial charge in [-0.1, -0.05) is 0 Å². The molecule has 0 aliphatic carbocycles. The van der Waals surface area contributed by atoms with Crippen molar-refractivity contribution >= 4 is 15.6 Å². The molecule has 16 heavy (non-hydrogen) atoms. The van der Waals surface area contributed by atoms with E-state index < -0.39 is 9.84 Å². The fourth-order valence-electron chi connectivity index (χ4n) is 1.27. The van der Waals surface area contributed by atoms with E-state index in [-0.39, 0.29) is 23.0 Å². The van der Waals surface area contributed by atoms with Crippen LogP contribution in [0.5, 0.6) is 5.75 Å². The topological polar surface area (TPSA) is 86.5 Å². The van der Waals surface area contributed by atoms with Gasteiger partial charge in [-0.25, -0.2) is 8.42 Å². The van der Waals surface area contributed by atoms with Crippen LogP contribution in [-0.2, 0) is 9.84 Å². The predicted molar refractivity (Wildman–Crippen MR) is 59.5 cm³/mol. The predicted octanol–water partition coefficient (Wildman–Crippen LogP) is 0.240. The van der Waals surface area contributed by atoms with Crippen LogP contribution in [0.1, 0.15) is 10.4 Å². The highest BCUT2D eigenvalue weighted by atomic mass is 32.2. The average molecular weight is 243 g/mol. The van der Waals surface area contributed by atoms with Gasteiger partial charge >= 0.3 is 0 Å². The van der Waals surface area contributed by atoms with Gasteiger partial charge < -0.3 is 10.5 Å². The Morgan fingerprint density at radius 2 is 2.06 bits per heavy atom. The van der Waals surface area contributed by atoms with Crippen molar-refractivity contribution in [3.05, 3.63) is 23.8 Å². The normalized spacial score (nSPS) is 11.2. The summed E-state index contributed by atoms with van der Waals surface area (Å²) in [5.41, 5.74) is 5.55. The number of Topliss-reactive ketones (excluding diaryl/α,β-unsaturated/α-hetero) is 1. The molecule has 0 spiro atoms. The van der Waals surface area contributed by atoms with Crippen molar-refractivity contribution in [3.8, 4) is 5.75 Å². The number of hydrogen-bond acceptors (Lipinski definition) is 5. The molecule has 5 nitrogen and oxygen atoms in total. The Morgan fingerprint density at radius 1 is 1.44 bits per heavy atom. The minimum absolute atomic E-state index is 0.0589. The molecule has 0 aliphatic rings. The van der Waals surface area contributed by atoms with Crippen molar-refractivity contribution in [3.63, 3.8) is 0 Å². The smallest absolute Gasteiger partial charge is 0.179 e. The van der Waals surface area contributed by atoms with Crippen molar-refractivity contribution in [2.75, 3.05) is 19.9 Å². The van der Waals surface area contributed by atoms with Crippen LogP contribution in [0.2, 0.25) is 0 Å². The highest BCUT2D eigenvalue weighted by molar-refractivity contribution is 7.90. The molecule has 0 saturated heterocycles. The van der Waals surface area contributed by atoms with Gasteiger partial charge in [-0.2, -0.15) is 0 Å². The quantitative estimate of drug-likeness (QED) is 0.765. The lowest BCUT2D eigenvalue weighted by Gasteiger charge is -2.08. The number of carbonyl (C=O) groups is 1. The van der Waals surface area contributed by atoms with Crippen molar-refractivity contribution in [2.24, 2.45) is 5.73 Å². The second kappa shape index (κ2) is 4.63. The van der Waals surface area contributed by atoms with Gasteiger partial charge in [-0.05, 0) is 18.2 Å². The Hall–Kier alpha value is -1.40. The summed E-state index contributed by atoms with van der Waals surface area (Å²) in [6.45, 7) is -0.124. The van der Waals surface area contributed by atoms with Gasteiger partial charge in [-0.3, -0.25) is 4.79 Å². The maximum atomic E-state index is 11.4. The summed E-state index contributed by atoms with van der Waals surface area (Å²) in [7, 11) is -2.01. The number of methoxy groups -OCH3 is 1. The number of ketones is 1. The van der Waals surface area contributed by atoms with Gasteiger partial charge in [0.15, 0.2) is 15.6 Å². The molecule has 0 saturated carbocycles. The zero-order chi connectivity index (χ0) is 12.3. The van der Waals surface area contributed by atoms with Crippen molar-refractivity contribution in [1.82, 2.24) is 0 Å². The van der Waals surface area contributed by atoms with Crippen LogP contribution in [-0.4, -0.2) is 34.1 Å². The molecular formula is C10H13NO4S. The molecule has 1 aromatic carbocycles. The highest BCUT2D eigenvalue weighted by Gasteiger charge is 2.16. The molecule has 0 bridgehead atoms. The lowest BCUT2D eigenvalue weighted by molar-refractivity contribution is 0.100. The number of sulfone groups is 1. The number of benzene rings is 1. The van der Waals surface area contributed by atoms with Gasteiger partial charge in [0.2, 0.25) is 0 Å². The van der Waals surface area contributed by atoms with Crippen LogP contribution < -0.4 is 10.5 Å². The van der Waals surface area contributed by atoms with Crippen molar-refractivity contribution in [1.29, 1.82) is 0 Å². The van der Waals surface area contributed by atoms with E-state index >= 15 is 0 Å². The molecule has 0 fully saturated rings. The van der Waals surface area contributed by atoms with Crippen LogP contribution in [0.4, 0.5) is 0 Å². The Morgan fingerprint density at radius 3 is 2.50 bits per heavy atom. The molecule has 0 radical (unpaired) electrons. The third-order valence-electron chi connectivity index (χ3n) is 2.07. The SMILES string of the molecule is COc1cc(C(=O)CN)ccc1S(C)(=O)=O. The maximum Gasteiger partial charge on any atom is 0.179 e. The molecule has 6 heteroatoms. The summed E-state index contributed by atoms with van der Waals surface area (Å²) in [6, 6.07) is 4.15. The lowest BCUT2D eigenvalue weighted by atomic mass is 10.1. The lowest BCUT2D eigenvalue weighted by Crippen LogP contribution is -2.14. The van der Waals surface area contributed by atoms with Gasteiger partial charge in [-0.15, -0.1) is 0 Å². The summed E-state index contributed by atoms with van der Waals surface area (Å²) in [6.07, 6.45) is 1.08. The largest absolute Gasteiger partial charge is 0.495 e. The molecule has 2 N–H and O–H groups in total. The van der Waals surface area contributed by atoms with E-state index in [0.29, 0.717) is 5.56 Å². The van der Waals surface area contributed by atoms with E-state index in [1.807, 2.05) is 0 Å². The zero-order valence-corrected chi connectivity index (χ0v) is 9.87. The summed E-state index contributed by atoms with van der Waals surface area (Å²) < 4.78 is 27.7. The number of nitrogens with two attached hydrogens (primary N) is 1. The number of ether oxygens (including phenoxy) is 1. The fraction of sp³-hybridized carbons (Fsp3) is 0.300. The first-order chi connectivity index (χ1) is 7.40. The van der Waals surface area contributed by atoms with Crippen LogP contribution in [0.25, 0.3) is 0 Å². The molecule has 0 amide bonds. The Kier molecular flexibility index (Phi) is 3.66. The molecule has 88 valence electrons. The number of carbonyl (C=O) groups excluding carboxylic acids is 1. The van der Waals surface area contributed by atoms with Crippen LogP contribution >= 0.6 is 0 Å². The van der Waals surface area contributed by atoms with E-state index in [9.17, 15) is 13.2 Å². The Bertz CT molecular complexity index is 508. The third kappa shape index (κ3) is 2.59. The fourth-order valence-corrected chi connectivity index (χ4v) is 2.09. The van der Waals surface area contributed by atoms with Crippen LogP contribution in [0.15, 0.2) is 23.1 Å². The van der Waals surface area contributed by atoms with E-state index in [1.54, 1.807) is 0 Å². The monoisotopic (exact) mass is 243 g/mol. The van der Waals surface area contributed by atoms with Gasteiger partial charge in [0.1, 0.15) is 10.6 Å². The number of rotatable bonds is 4. The van der Waals surface area contributed by atoms with Crippen LogP contribution in [0.3, 0.4) is 0 Å². The number of hydrogen-bond donors (Lipinski definition) is 1. The molecule has 0 unspecified atom stereocenters. The third-order valence-corrected chi connectivity index (χ3v) is 3.21. The van der Waals surface area contributed by atoms with Gasteiger partial charge in [0.25, 0.3) is 0 Å². The average Bonchev–Trinajstić information content (AvgIpc) is 2.25. The van der Waals surface area contributed by atoms with E-state index in [1.165, 1.54) is 25.3 Å². The standard InChI is InChI=1S/C10H13NO4S/c1-15-9-5-7(8(12)6-11)3-4-10(9)16(2,13)14/h3-5H,6,11H2,1-2H3. The molecular weight excluding hydrogens is 230 g/mol. The Balaban J connectivity index is 3.33. The molecule has 1 rings (SSSR count). The zero-order valence-electron chi connectivity index (χ0n) is 9.06. The maximum absolute atomic E-state index is 11.4. The second-order valence-electron chi connectivity index (χ2n) is 3.27. The minimum Gasteiger partial charge on any atom is -0.495 e. The van der Waals surface area contributed by atoms with Crippen molar-refractivity contribution < 1.29 is 17.9 Å². The van der Waals surface area contributed by atoms with E-state index in [4.69, 9.17) is 10.5 Å². The minimum atomic E-state index is -3.36. The van der Waals surface area contributed by atoms with Gasteiger partial charge in [0, 0.05) is 11.8 Å². The molecule has 0 aliphatic heterocycles. The summed E-state index contributed by atoms with van der Waals surface area (Å²) in [5, 5.41) is 0. The molecule has 0 heterocycles. The molecule has 0 aromatic heterocycles. The van der Waals surface area contributed by atoms with Gasteiger partial charge in [0.05, 0.1) is 13.7 Å². The first-order valence-corrected chi connectivity index (χ1v) is 6.40. The molecule has 0 atom stereocenters. The first kappa shape index (κ1) is 12.7. The Labute approximate surface area is 94.1 Å². The first-order valence-electron chi connectivity index (χ1n) is 4.51. The summed E-state index contributed by atoms with van der Waals surface area (Å²) in [4.78, 5) is 11.4. The summed E-state index contributed by atoms with van der Waals surface area (Å²) >= 11 is 0. The van der Waals surface area contributed by atoms with Crippen LogP contribution in [0, 0.1) is 0 Å². The highest BCUT2D eigenvalue weighted by Crippen LogP contribution is 2.24. The van der Waals surface area contributed by atoms with Crippen molar-refractivity contribution in [2.45, 2.75) is 4.90 Å². The summed E-state index contributed by atoms with van der Waals surface area (Å²) in [5.74, 6) is -0.111. The van der Waals surface area contributed by atoms with E-state index in [0.717, 1.165) is 6.26 Å². The second-order valence-corrected chi connectivity index (χ2v) is 5.25.